The molecule has 0 saturated carbocycles. The third-order valence-electron chi connectivity index (χ3n) is 11.5. The number of para-hydroxylation sites is 3. The fraction of sp³-hybridized carbons (Fsp3) is 0.0392. The minimum atomic E-state index is -0.272. The van der Waals surface area contributed by atoms with E-state index in [1.807, 2.05) is 24.3 Å². The number of hydrogen-bond acceptors (Lipinski definition) is 5. The summed E-state index contributed by atoms with van der Waals surface area (Å²) < 4.78 is 15.7. The van der Waals surface area contributed by atoms with Crippen LogP contribution in [0.4, 0.5) is 0 Å². The predicted octanol–water partition coefficient (Wildman–Crippen LogP) is 12.6. The molecule has 2 atom stereocenters. The van der Waals surface area contributed by atoms with E-state index in [9.17, 15) is 0 Å². The summed E-state index contributed by atoms with van der Waals surface area (Å²) in [6.07, 6.45) is -0.381. The number of nitrogens with zero attached hydrogens (tertiary/aromatic N) is 2. The zero-order valence-corrected chi connectivity index (χ0v) is 30.7. The third-order valence-corrected chi connectivity index (χ3v) is 11.5. The second-order valence-corrected chi connectivity index (χ2v) is 14.8. The Hall–Kier alpha value is -7.41. The highest BCUT2D eigenvalue weighted by Gasteiger charge is 2.26. The second kappa shape index (κ2) is 12.6. The maximum atomic E-state index is 6.78. The van der Waals surface area contributed by atoms with E-state index < -0.39 is 0 Å². The lowest BCUT2D eigenvalue weighted by Crippen LogP contribution is -2.44. The monoisotopic (exact) mass is 734 g/mol. The van der Waals surface area contributed by atoms with E-state index in [1.165, 1.54) is 10.8 Å². The van der Waals surface area contributed by atoms with Crippen molar-refractivity contribution in [3.05, 3.63) is 199 Å². The van der Waals surface area contributed by atoms with Crippen LogP contribution in [-0.4, -0.2) is 10.4 Å². The molecule has 6 nitrogen and oxygen atoms in total. The number of aromatic nitrogens is 1. The maximum absolute atomic E-state index is 6.78. The summed E-state index contributed by atoms with van der Waals surface area (Å²) in [5.74, 6) is 0.854. The van der Waals surface area contributed by atoms with Crippen molar-refractivity contribution < 1.29 is 8.83 Å². The topological polar surface area (TPSA) is 67.6 Å². The standard InChI is InChI=1S/C51H34N4O2/c1-3-12-31(13-4-1)49-52-50(32-14-5-2-6-15-32)54-51(53-49)35-24-27-39-38-25-22-33(28-45(38)56-46(39)30-35)34-23-26-40-41-18-11-21-44(48(41)57-47(40)29-34)55-42-19-9-7-16-36(42)37-17-8-10-20-43(37)55/h1-30,49,51,53H,(H,52,54). The van der Waals surface area contributed by atoms with E-state index in [-0.39, 0.29) is 12.3 Å². The largest absolute Gasteiger partial charge is 0.456 e. The maximum Gasteiger partial charge on any atom is 0.159 e. The Bertz CT molecular complexity index is 3320. The van der Waals surface area contributed by atoms with Gasteiger partial charge in [0.05, 0.1) is 16.7 Å². The van der Waals surface area contributed by atoms with E-state index in [1.54, 1.807) is 0 Å². The van der Waals surface area contributed by atoms with Crippen molar-refractivity contribution in [2.45, 2.75) is 12.3 Å². The molecule has 0 saturated heterocycles. The number of nitrogens with one attached hydrogen (secondary N) is 2. The lowest BCUT2D eigenvalue weighted by molar-refractivity contribution is 0.409. The zero-order valence-electron chi connectivity index (χ0n) is 30.7. The molecule has 0 bridgehead atoms. The summed E-state index contributed by atoms with van der Waals surface area (Å²) in [6.45, 7) is 0. The van der Waals surface area contributed by atoms with Crippen LogP contribution in [0.1, 0.15) is 29.0 Å². The molecule has 11 aromatic rings. The average molecular weight is 735 g/mol. The van der Waals surface area contributed by atoms with Gasteiger partial charge < -0.3 is 18.7 Å². The van der Waals surface area contributed by atoms with E-state index in [2.05, 4.69) is 173 Å². The van der Waals surface area contributed by atoms with Crippen LogP contribution >= 0.6 is 0 Å². The Balaban J connectivity index is 0.919. The number of hydrogen-bond donors (Lipinski definition) is 2. The van der Waals surface area contributed by atoms with Crippen molar-refractivity contribution in [3.8, 4) is 16.8 Å². The molecule has 1 aliphatic heterocycles. The van der Waals surface area contributed by atoms with Gasteiger partial charge in [-0.05, 0) is 70.8 Å². The van der Waals surface area contributed by atoms with Gasteiger partial charge in [0, 0.05) is 37.9 Å². The fourth-order valence-electron chi connectivity index (χ4n) is 8.75. The molecule has 0 spiro atoms. The summed E-state index contributed by atoms with van der Waals surface area (Å²) in [6, 6.07) is 63.8. The molecule has 0 aliphatic carbocycles. The van der Waals surface area contributed by atoms with Crippen molar-refractivity contribution in [3.63, 3.8) is 0 Å². The summed E-state index contributed by atoms with van der Waals surface area (Å²) in [5.41, 5.74) is 12.1. The normalized spacial score (nSPS) is 15.9. The number of fused-ring (bicyclic) bond motifs is 9. The first-order valence-corrected chi connectivity index (χ1v) is 19.3. The molecule has 4 heterocycles. The van der Waals surface area contributed by atoms with Crippen LogP contribution in [-0.2, 0) is 0 Å². The number of aliphatic imine (C=N–C) groups is 1. The Morgan fingerprint density at radius 3 is 1.74 bits per heavy atom. The summed E-state index contributed by atoms with van der Waals surface area (Å²) >= 11 is 0. The minimum Gasteiger partial charge on any atom is -0.456 e. The van der Waals surface area contributed by atoms with E-state index in [0.717, 1.165) is 94.3 Å². The van der Waals surface area contributed by atoms with Gasteiger partial charge >= 0.3 is 0 Å². The van der Waals surface area contributed by atoms with Crippen molar-refractivity contribution in [2.75, 3.05) is 0 Å². The molecule has 270 valence electrons. The van der Waals surface area contributed by atoms with Crippen molar-refractivity contribution in [1.29, 1.82) is 0 Å². The first-order valence-electron chi connectivity index (χ1n) is 19.3. The van der Waals surface area contributed by atoms with Crippen LogP contribution in [0.5, 0.6) is 0 Å². The average Bonchev–Trinajstić information content (AvgIpc) is 3.95. The number of furan rings is 2. The van der Waals surface area contributed by atoms with Crippen LogP contribution in [0.15, 0.2) is 196 Å². The van der Waals surface area contributed by atoms with Crippen LogP contribution in [0, 0.1) is 0 Å². The second-order valence-electron chi connectivity index (χ2n) is 14.8. The quantitative estimate of drug-likeness (QED) is 0.185. The number of rotatable bonds is 5. The highest BCUT2D eigenvalue weighted by molar-refractivity contribution is 6.13. The fourth-order valence-corrected chi connectivity index (χ4v) is 8.75. The molecule has 0 amide bonds. The molecule has 0 radical (unpaired) electrons. The zero-order chi connectivity index (χ0) is 37.5. The summed E-state index contributed by atoms with van der Waals surface area (Å²) in [5, 5.41) is 14.1. The highest BCUT2D eigenvalue weighted by atomic mass is 16.3. The lowest BCUT2D eigenvalue weighted by Gasteiger charge is -2.32. The Kier molecular flexibility index (Phi) is 7.03. The van der Waals surface area contributed by atoms with Crippen molar-refractivity contribution in [1.82, 2.24) is 15.2 Å². The first kappa shape index (κ1) is 31.9. The molecule has 8 aromatic carbocycles. The van der Waals surface area contributed by atoms with Crippen LogP contribution in [0.25, 0.3) is 82.5 Å². The van der Waals surface area contributed by atoms with Gasteiger partial charge in [0.25, 0.3) is 0 Å². The first-order chi connectivity index (χ1) is 28.2. The molecule has 12 rings (SSSR count). The number of amidine groups is 1. The molecule has 3 aromatic heterocycles. The van der Waals surface area contributed by atoms with Gasteiger partial charge in [0.2, 0.25) is 0 Å². The molecule has 57 heavy (non-hydrogen) atoms. The lowest BCUT2D eigenvalue weighted by atomic mass is 10.0. The van der Waals surface area contributed by atoms with Crippen LogP contribution in [0.2, 0.25) is 0 Å². The van der Waals surface area contributed by atoms with Gasteiger partial charge in [-0.15, -0.1) is 0 Å². The third kappa shape index (κ3) is 5.12. The Labute approximate surface area is 327 Å². The van der Waals surface area contributed by atoms with Crippen LogP contribution < -0.4 is 10.6 Å². The molecule has 2 unspecified atom stereocenters. The van der Waals surface area contributed by atoms with Crippen LogP contribution in [0.3, 0.4) is 0 Å². The van der Waals surface area contributed by atoms with E-state index in [0.29, 0.717) is 0 Å². The van der Waals surface area contributed by atoms with Crippen molar-refractivity contribution >= 4 is 71.5 Å². The number of benzene rings is 8. The molecule has 2 N–H and O–H groups in total. The minimum absolute atomic E-state index is 0.109. The van der Waals surface area contributed by atoms with E-state index >= 15 is 0 Å². The van der Waals surface area contributed by atoms with Gasteiger partial charge in [-0.25, -0.2) is 4.99 Å². The van der Waals surface area contributed by atoms with Gasteiger partial charge in [-0.1, -0.05) is 133 Å². The van der Waals surface area contributed by atoms with Gasteiger partial charge in [0.15, 0.2) is 5.58 Å². The molecular weight excluding hydrogens is 701 g/mol. The molecule has 6 heteroatoms. The highest BCUT2D eigenvalue weighted by Crippen LogP contribution is 2.40. The molecule has 1 aliphatic rings. The molecular formula is C51H34N4O2. The summed E-state index contributed by atoms with van der Waals surface area (Å²) in [7, 11) is 0. The predicted molar refractivity (Wildman–Crippen MR) is 232 cm³/mol. The Morgan fingerprint density at radius 1 is 0.439 bits per heavy atom. The van der Waals surface area contributed by atoms with Gasteiger partial charge in [-0.2, -0.15) is 0 Å². The Morgan fingerprint density at radius 2 is 1.02 bits per heavy atom. The van der Waals surface area contributed by atoms with Gasteiger partial charge in [-0.3, -0.25) is 5.32 Å². The van der Waals surface area contributed by atoms with Gasteiger partial charge in [0.1, 0.15) is 34.9 Å². The van der Waals surface area contributed by atoms with Crippen molar-refractivity contribution in [2.24, 2.45) is 4.99 Å². The molecule has 0 fully saturated rings. The smallest absolute Gasteiger partial charge is 0.159 e. The summed E-state index contributed by atoms with van der Waals surface area (Å²) in [4.78, 5) is 5.14. The van der Waals surface area contributed by atoms with E-state index in [4.69, 9.17) is 13.8 Å². The SMILES string of the molecule is c1ccc(C2=NC(c3ccc4c(c3)oc3cc(-c5ccc6c(c5)oc5c(-n7c8ccccc8c8ccccc87)cccc56)ccc34)NC(c3ccccc3)N2)cc1.